The Hall–Kier alpha value is -2.97. The molecule has 0 spiro atoms. The summed E-state index contributed by atoms with van der Waals surface area (Å²) in [4.78, 5) is 14.5. The van der Waals surface area contributed by atoms with Crippen molar-refractivity contribution in [3.05, 3.63) is 46.5 Å². The molecule has 144 valence electrons. The van der Waals surface area contributed by atoms with Crippen LogP contribution in [0, 0.1) is 0 Å². The first-order valence-electron chi connectivity index (χ1n) is 9.04. The lowest BCUT2D eigenvalue weighted by Crippen LogP contribution is -2.65. The highest BCUT2D eigenvalue weighted by atomic mass is 16.7. The molecule has 8 nitrogen and oxygen atoms in total. The Labute approximate surface area is 159 Å². The van der Waals surface area contributed by atoms with Gasteiger partial charge in [0.25, 0.3) is 5.91 Å². The normalized spacial score (nSPS) is 28.7. The second-order valence-electron chi connectivity index (χ2n) is 7.48. The predicted octanol–water partition coefficient (Wildman–Crippen LogP) is 1.21. The van der Waals surface area contributed by atoms with Crippen LogP contribution in [-0.4, -0.2) is 41.7 Å². The summed E-state index contributed by atoms with van der Waals surface area (Å²) in [6.07, 6.45) is 0.723. The van der Waals surface area contributed by atoms with Crippen molar-refractivity contribution in [2.24, 2.45) is 0 Å². The van der Waals surface area contributed by atoms with Crippen LogP contribution in [0.1, 0.15) is 33.5 Å². The predicted molar refractivity (Wildman–Crippen MR) is 93.3 cm³/mol. The van der Waals surface area contributed by atoms with Crippen LogP contribution < -0.4 is 18.9 Å². The lowest BCUT2D eigenvalue weighted by Gasteiger charge is -2.55. The number of rotatable bonds is 0. The molecule has 2 aromatic rings. The van der Waals surface area contributed by atoms with Crippen molar-refractivity contribution >= 4 is 5.91 Å². The Kier molecular flexibility index (Phi) is 2.80. The van der Waals surface area contributed by atoms with Gasteiger partial charge in [-0.3, -0.25) is 4.79 Å². The fourth-order valence-electron chi connectivity index (χ4n) is 4.85. The molecular formula is C20H17NO7. The van der Waals surface area contributed by atoms with Crippen LogP contribution in [0.25, 0.3) is 0 Å². The van der Waals surface area contributed by atoms with E-state index in [1.54, 1.807) is 18.2 Å². The maximum absolute atomic E-state index is 13.3. The minimum Gasteiger partial charge on any atom is -0.454 e. The van der Waals surface area contributed by atoms with E-state index in [4.69, 9.17) is 18.9 Å². The number of likely N-dealkylation sites (N-methyl/N-ethyl adjacent to an activating group) is 1. The average Bonchev–Trinajstić information content (AvgIpc) is 3.35. The fourth-order valence-corrected chi connectivity index (χ4v) is 4.85. The lowest BCUT2D eigenvalue weighted by atomic mass is 9.65. The van der Waals surface area contributed by atoms with Crippen molar-refractivity contribution < 1.29 is 34.0 Å². The van der Waals surface area contributed by atoms with Crippen LogP contribution in [0.5, 0.6) is 23.0 Å². The van der Waals surface area contributed by atoms with Gasteiger partial charge in [0.1, 0.15) is 5.60 Å². The number of aryl methyl sites for hydroxylation is 1. The van der Waals surface area contributed by atoms with Gasteiger partial charge < -0.3 is 34.1 Å². The molecule has 2 unspecified atom stereocenters. The van der Waals surface area contributed by atoms with Gasteiger partial charge in [-0.1, -0.05) is 6.07 Å². The zero-order valence-corrected chi connectivity index (χ0v) is 15.0. The van der Waals surface area contributed by atoms with E-state index < -0.39 is 17.2 Å². The van der Waals surface area contributed by atoms with Gasteiger partial charge in [-0.2, -0.15) is 0 Å². The Balaban J connectivity index is 1.64. The van der Waals surface area contributed by atoms with Crippen LogP contribution >= 0.6 is 0 Å². The topological polar surface area (TPSA) is 97.7 Å². The van der Waals surface area contributed by atoms with Crippen molar-refractivity contribution in [3.63, 3.8) is 0 Å². The molecule has 28 heavy (non-hydrogen) atoms. The summed E-state index contributed by atoms with van der Waals surface area (Å²) in [5, 5.41) is 23.7. The minimum absolute atomic E-state index is 0.0117. The summed E-state index contributed by atoms with van der Waals surface area (Å²) >= 11 is 0. The molecular weight excluding hydrogens is 366 g/mol. The standard InChI is InChI=1S/C20H17NO7/c1-21-18(22)16-11(2-3-13-17(16)28-9-25-13)19(23)5-4-10-6-14-15(27-8-26-14)7-12(10)20(19,21)24/h2-3,6-7,23-24H,4-5,8-9H2,1H3. The molecule has 3 aliphatic heterocycles. The van der Waals surface area contributed by atoms with E-state index in [1.807, 2.05) is 6.07 Å². The number of carbonyl (C=O) groups excluding carboxylic acids is 1. The number of benzene rings is 2. The number of ether oxygens (including phenoxy) is 4. The third-order valence-electron chi connectivity index (χ3n) is 6.30. The molecule has 3 heterocycles. The van der Waals surface area contributed by atoms with Crippen molar-refractivity contribution in [3.8, 4) is 23.0 Å². The van der Waals surface area contributed by atoms with Crippen LogP contribution in [-0.2, 0) is 17.7 Å². The Morgan fingerprint density at radius 1 is 0.964 bits per heavy atom. The minimum atomic E-state index is -1.96. The van der Waals surface area contributed by atoms with E-state index in [9.17, 15) is 15.0 Å². The van der Waals surface area contributed by atoms with Gasteiger partial charge in [0.05, 0.1) is 5.56 Å². The second-order valence-corrected chi connectivity index (χ2v) is 7.48. The third kappa shape index (κ3) is 1.62. The van der Waals surface area contributed by atoms with E-state index in [2.05, 4.69) is 0 Å². The number of carbonyl (C=O) groups is 1. The Bertz CT molecular complexity index is 1070. The number of aliphatic hydroxyl groups is 2. The molecule has 6 rings (SSSR count). The largest absolute Gasteiger partial charge is 0.454 e. The van der Waals surface area contributed by atoms with E-state index in [0.717, 1.165) is 5.56 Å². The SMILES string of the molecule is CN1C(=O)c2c(ccc3c2OCO3)C2(O)CCc3cc4c(cc3C12O)OCO4. The molecule has 8 heteroatoms. The van der Waals surface area contributed by atoms with Crippen LogP contribution in [0.3, 0.4) is 0 Å². The zero-order chi connectivity index (χ0) is 19.3. The maximum Gasteiger partial charge on any atom is 0.260 e. The van der Waals surface area contributed by atoms with Gasteiger partial charge in [0.15, 0.2) is 23.0 Å². The summed E-state index contributed by atoms with van der Waals surface area (Å²) in [6, 6.07) is 6.76. The second kappa shape index (κ2) is 4.89. The smallest absolute Gasteiger partial charge is 0.260 e. The monoisotopic (exact) mass is 383 g/mol. The van der Waals surface area contributed by atoms with Crippen LogP contribution in [0.15, 0.2) is 24.3 Å². The summed E-state index contributed by atoms with van der Waals surface area (Å²) in [7, 11) is 1.48. The quantitative estimate of drug-likeness (QED) is 0.706. The highest BCUT2D eigenvalue weighted by molar-refractivity contribution is 6.01. The van der Waals surface area contributed by atoms with Gasteiger partial charge in [0, 0.05) is 18.2 Å². The third-order valence-corrected chi connectivity index (χ3v) is 6.30. The van der Waals surface area contributed by atoms with Gasteiger partial charge >= 0.3 is 0 Å². The molecule has 0 aromatic heterocycles. The van der Waals surface area contributed by atoms with Gasteiger partial charge in [-0.25, -0.2) is 0 Å². The molecule has 0 saturated heterocycles. The molecule has 2 N–H and O–H groups in total. The highest BCUT2D eigenvalue weighted by Gasteiger charge is 2.63. The van der Waals surface area contributed by atoms with Gasteiger partial charge in [-0.05, 0) is 36.6 Å². The molecule has 4 aliphatic rings. The van der Waals surface area contributed by atoms with Gasteiger partial charge in [-0.15, -0.1) is 0 Å². The zero-order valence-electron chi connectivity index (χ0n) is 15.0. The first-order valence-corrected chi connectivity index (χ1v) is 9.04. The number of amides is 1. The van der Waals surface area contributed by atoms with Crippen molar-refractivity contribution in [1.29, 1.82) is 0 Å². The molecule has 2 atom stereocenters. The average molecular weight is 383 g/mol. The first-order chi connectivity index (χ1) is 13.4. The van der Waals surface area contributed by atoms with Crippen molar-refractivity contribution in [2.75, 3.05) is 20.6 Å². The van der Waals surface area contributed by atoms with E-state index in [-0.39, 0.29) is 25.6 Å². The first kappa shape index (κ1) is 16.0. The number of hydrogen-bond acceptors (Lipinski definition) is 7. The summed E-state index contributed by atoms with van der Waals surface area (Å²) in [6.45, 7) is 0.111. The molecule has 0 bridgehead atoms. The lowest BCUT2D eigenvalue weighted by molar-refractivity contribution is -0.241. The molecule has 2 aromatic carbocycles. The van der Waals surface area contributed by atoms with Crippen LogP contribution in [0.2, 0.25) is 0 Å². The Morgan fingerprint density at radius 2 is 1.68 bits per heavy atom. The fraction of sp³-hybridized carbons (Fsp3) is 0.350. The maximum atomic E-state index is 13.3. The van der Waals surface area contributed by atoms with E-state index in [1.165, 1.54) is 11.9 Å². The summed E-state index contributed by atoms with van der Waals surface area (Å²) in [5.74, 6) is 1.39. The molecule has 0 fully saturated rings. The van der Waals surface area contributed by atoms with E-state index >= 15 is 0 Å². The molecule has 1 amide bonds. The number of hydrogen-bond donors (Lipinski definition) is 2. The summed E-state index contributed by atoms with van der Waals surface area (Å²) < 4.78 is 21.8. The Morgan fingerprint density at radius 3 is 2.50 bits per heavy atom. The number of nitrogens with zero attached hydrogens (tertiary/aromatic N) is 1. The van der Waals surface area contributed by atoms with Gasteiger partial charge in [0.2, 0.25) is 19.3 Å². The summed E-state index contributed by atoms with van der Waals surface area (Å²) in [5.41, 5.74) is -1.86. The van der Waals surface area contributed by atoms with Crippen LogP contribution in [0.4, 0.5) is 0 Å². The van der Waals surface area contributed by atoms with E-state index in [0.29, 0.717) is 40.5 Å². The van der Waals surface area contributed by atoms with Crippen molar-refractivity contribution in [1.82, 2.24) is 4.90 Å². The van der Waals surface area contributed by atoms with Crippen molar-refractivity contribution in [2.45, 2.75) is 24.2 Å². The molecule has 0 radical (unpaired) electrons. The molecule has 0 saturated carbocycles. The number of fused-ring (bicyclic) bond motifs is 8. The molecule has 1 aliphatic carbocycles. The highest BCUT2D eigenvalue weighted by Crippen LogP contribution is 2.58.